The number of hydrogen-bond acceptors (Lipinski definition) is 4. The predicted molar refractivity (Wildman–Crippen MR) is 87.8 cm³/mol. The summed E-state index contributed by atoms with van der Waals surface area (Å²) in [6.07, 6.45) is 2.93. The molecule has 0 unspecified atom stereocenters. The van der Waals surface area contributed by atoms with Crippen molar-refractivity contribution in [3.63, 3.8) is 0 Å². The van der Waals surface area contributed by atoms with Crippen molar-refractivity contribution in [2.45, 2.75) is 11.4 Å². The molecular weight excluding hydrogens is 355 g/mol. The normalized spacial score (nSPS) is 11.4. The molecule has 1 N–H and O–H groups in total. The van der Waals surface area contributed by atoms with E-state index in [1.807, 2.05) is 0 Å². The number of nitrogens with zero attached hydrogens (tertiary/aromatic N) is 3. The monoisotopic (exact) mass is 366 g/mol. The Morgan fingerprint density at radius 2 is 2.00 bits per heavy atom. The summed E-state index contributed by atoms with van der Waals surface area (Å²) >= 11 is 5.66. The zero-order chi connectivity index (χ0) is 17.2. The zero-order valence-electron chi connectivity index (χ0n) is 12.2. The van der Waals surface area contributed by atoms with Gasteiger partial charge in [-0.15, -0.1) is 0 Å². The molecule has 2 aromatic carbocycles. The van der Waals surface area contributed by atoms with Crippen LogP contribution in [0, 0.1) is 5.82 Å². The first-order valence-corrected chi connectivity index (χ1v) is 8.70. The molecule has 1 heterocycles. The Morgan fingerprint density at radius 1 is 1.21 bits per heavy atom. The molecule has 0 spiro atoms. The maximum absolute atomic E-state index is 13.2. The summed E-state index contributed by atoms with van der Waals surface area (Å²) in [6.45, 7) is 0.350. The molecular formula is C15H12ClFN4O2S. The molecule has 0 atom stereocenters. The second-order valence-electron chi connectivity index (χ2n) is 4.93. The molecule has 3 aromatic rings. The molecule has 3 rings (SSSR count). The number of nitrogens with one attached hydrogen (secondary N) is 1. The van der Waals surface area contributed by atoms with Crippen molar-refractivity contribution < 1.29 is 12.8 Å². The van der Waals surface area contributed by atoms with E-state index < -0.39 is 15.8 Å². The van der Waals surface area contributed by atoms with E-state index in [-0.39, 0.29) is 9.92 Å². The topological polar surface area (TPSA) is 76.9 Å². The SMILES string of the molecule is O=S(=O)(Nc1ccccc1Cn1cncn1)c1ccc(F)c(Cl)c1. The van der Waals surface area contributed by atoms with Gasteiger partial charge in [-0.1, -0.05) is 29.8 Å². The van der Waals surface area contributed by atoms with Crippen molar-refractivity contribution in [1.82, 2.24) is 14.8 Å². The van der Waals surface area contributed by atoms with Crippen LogP contribution in [0.25, 0.3) is 0 Å². The van der Waals surface area contributed by atoms with Gasteiger partial charge in [-0.3, -0.25) is 4.72 Å². The molecule has 124 valence electrons. The third-order valence-corrected chi connectivity index (χ3v) is 4.91. The summed E-state index contributed by atoms with van der Waals surface area (Å²) < 4.78 is 42.3. The molecule has 9 heteroatoms. The number of sulfonamides is 1. The number of rotatable bonds is 5. The maximum Gasteiger partial charge on any atom is 0.261 e. The van der Waals surface area contributed by atoms with Crippen LogP contribution in [0.15, 0.2) is 60.0 Å². The molecule has 1 aromatic heterocycles. The van der Waals surface area contributed by atoms with E-state index in [1.165, 1.54) is 12.7 Å². The quantitative estimate of drug-likeness (QED) is 0.753. The summed E-state index contributed by atoms with van der Waals surface area (Å²) in [5, 5.41) is 3.74. The number of benzene rings is 2. The lowest BCUT2D eigenvalue weighted by molar-refractivity contribution is 0.599. The van der Waals surface area contributed by atoms with Crippen LogP contribution in [0.4, 0.5) is 10.1 Å². The molecule has 0 saturated heterocycles. The van der Waals surface area contributed by atoms with Crippen LogP contribution < -0.4 is 4.72 Å². The zero-order valence-corrected chi connectivity index (χ0v) is 13.8. The van der Waals surface area contributed by atoms with E-state index in [0.29, 0.717) is 17.8 Å². The van der Waals surface area contributed by atoms with Gasteiger partial charge in [-0.05, 0) is 29.8 Å². The van der Waals surface area contributed by atoms with Crippen LogP contribution in [0.1, 0.15) is 5.56 Å². The summed E-state index contributed by atoms with van der Waals surface area (Å²) in [5.74, 6) is -0.679. The lowest BCUT2D eigenvalue weighted by atomic mass is 10.2. The minimum absolute atomic E-state index is 0.121. The molecule has 0 radical (unpaired) electrons. The molecule has 0 bridgehead atoms. The van der Waals surface area contributed by atoms with Gasteiger partial charge in [0.15, 0.2) is 0 Å². The van der Waals surface area contributed by atoms with Crippen molar-refractivity contribution in [2.24, 2.45) is 0 Å². The standard InChI is InChI=1S/C15H12ClFN4O2S/c16-13-7-12(5-6-14(13)17)24(22,23)20-15-4-2-1-3-11(15)8-21-10-18-9-19-21/h1-7,9-10,20H,8H2. The first-order valence-electron chi connectivity index (χ1n) is 6.84. The van der Waals surface area contributed by atoms with Gasteiger partial charge in [0.05, 0.1) is 22.2 Å². The fraction of sp³-hybridized carbons (Fsp3) is 0.0667. The second-order valence-corrected chi connectivity index (χ2v) is 7.02. The van der Waals surface area contributed by atoms with Crippen LogP contribution in [0.3, 0.4) is 0 Å². The Kier molecular flexibility index (Phi) is 4.50. The lowest BCUT2D eigenvalue weighted by Gasteiger charge is -2.13. The van der Waals surface area contributed by atoms with E-state index in [0.717, 1.165) is 18.2 Å². The molecule has 0 aliphatic rings. The van der Waals surface area contributed by atoms with Gasteiger partial charge in [-0.2, -0.15) is 5.10 Å². The van der Waals surface area contributed by atoms with Crippen LogP contribution in [-0.2, 0) is 16.6 Å². The van der Waals surface area contributed by atoms with Crippen molar-refractivity contribution in [3.8, 4) is 0 Å². The Labute approximate surface area is 143 Å². The number of aromatic nitrogens is 3. The van der Waals surface area contributed by atoms with Crippen molar-refractivity contribution >= 4 is 27.3 Å². The fourth-order valence-corrected chi connectivity index (χ4v) is 3.47. The highest BCUT2D eigenvalue weighted by Crippen LogP contribution is 2.23. The third kappa shape index (κ3) is 3.55. The van der Waals surface area contributed by atoms with Gasteiger partial charge in [0.25, 0.3) is 10.0 Å². The number of halogens is 2. The maximum atomic E-state index is 13.2. The molecule has 0 aliphatic carbocycles. The molecule has 24 heavy (non-hydrogen) atoms. The first-order chi connectivity index (χ1) is 11.5. The summed E-state index contributed by atoms with van der Waals surface area (Å²) in [7, 11) is -3.90. The highest BCUT2D eigenvalue weighted by Gasteiger charge is 2.17. The van der Waals surface area contributed by atoms with E-state index in [1.54, 1.807) is 28.9 Å². The number of hydrogen-bond donors (Lipinski definition) is 1. The largest absolute Gasteiger partial charge is 0.279 e. The summed E-state index contributed by atoms with van der Waals surface area (Å²) in [5.41, 5.74) is 1.10. The van der Waals surface area contributed by atoms with E-state index in [9.17, 15) is 12.8 Å². The average Bonchev–Trinajstić information content (AvgIpc) is 3.04. The van der Waals surface area contributed by atoms with E-state index in [2.05, 4.69) is 14.8 Å². The van der Waals surface area contributed by atoms with Crippen LogP contribution in [0.5, 0.6) is 0 Å². The average molecular weight is 367 g/mol. The fourth-order valence-electron chi connectivity index (χ4n) is 2.09. The summed E-state index contributed by atoms with van der Waals surface area (Å²) in [6, 6.07) is 10.1. The van der Waals surface area contributed by atoms with Gasteiger partial charge in [0.1, 0.15) is 18.5 Å². The van der Waals surface area contributed by atoms with Crippen LogP contribution >= 0.6 is 11.6 Å². The van der Waals surface area contributed by atoms with Gasteiger partial charge in [0, 0.05) is 0 Å². The van der Waals surface area contributed by atoms with Gasteiger partial charge in [0.2, 0.25) is 0 Å². The Hall–Kier alpha value is -2.45. The highest BCUT2D eigenvalue weighted by molar-refractivity contribution is 7.92. The number of anilines is 1. The second kappa shape index (κ2) is 6.58. The van der Waals surface area contributed by atoms with Crippen LogP contribution in [0.2, 0.25) is 5.02 Å². The molecule has 0 amide bonds. The van der Waals surface area contributed by atoms with E-state index >= 15 is 0 Å². The van der Waals surface area contributed by atoms with Gasteiger partial charge < -0.3 is 0 Å². The van der Waals surface area contributed by atoms with Crippen LogP contribution in [-0.4, -0.2) is 23.2 Å². The van der Waals surface area contributed by atoms with Gasteiger partial charge >= 0.3 is 0 Å². The van der Waals surface area contributed by atoms with Gasteiger partial charge in [-0.25, -0.2) is 22.5 Å². The lowest BCUT2D eigenvalue weighted by Crippen LogP contribution is -2.15. The Morgan fingerprint density at radius 3 is 2.71 bits per heavy atom. The predicted octanol–water partition coefficient (Wildman–Crippen LogP) is 2.92. The smallest absolute Gasteiger partial charge is 0.261 e. The highest BCUT2D eigenvalue weighted by atomic mass is 35.5. The molecule has 0 fully saturated rings. The number of para-hydroxylation sites is 1. The minimum Gasteiger partial charge on any atom is -0.279 e. The first kappa shape index (κ1) is 16.4. The van der Waals surface area contributed by atoms with Crippen molar-refractivity contribution in [2.75, 3.05) is 4.72 Å². The Bertz CT molecular complexity index is 961. The van der Waals surface area contributed by atoms with Crippen molar-refractivity contribution in [3.05, 3.63) is 71.5 Å². The molecule has 0 aliphatic heterocycles. The Balaban J connectivity index is 1.91. The van der Waals surface area contributed by atoms with Crippen molar-refractivity contribution in [1.29, 1.82) is 0 Å². The summed E-state index contributed by atoms with van der Waals surface area (Å²) in [4.78, 5) is 3.73. The minimum atomic E-state index is -3.90. The third-order valence-electron chi connectivity index (χ3n) is 3.26. The van der Waals surface area contributed by atoms with E-state index in [4.69, 9.17) is 11.6 Å². The molecule has 0 saturated carbocycles. The molecule has 6 nitrogen and oxygen atoms in total.